The van der Waals surface area contributed by atoms with E-state index in [1.54, 1.807) is 0 Å². The fourth-order valence-corrected chi connectivity index (χ4v) is 1.95. The molecule has 6 nitrogen and oxygen atoms in total. The number of aliphatic hydroxyl groups is 1. The summed E-state index contributed by atoms with van der Waals surface area (Å²) >= 11 is 0. The van der Waals surface area contributed by atoms with Gasteiger partial charge in [0.25, 0.3) is 0 Å². The molecule has 1 aromatic rings. The molecule has 0 spiro atoms. The van der Waals surface area contributed by atoms with E-state index in [0.29, 0.717) is 26.2 Å². The first-order valence-electron chi connectivity index (χ1n) is 6.84. The van der Waals surface area contributed by atoms with Gasteiger partial charge in [0.05, 0.1) is 19.3 Å². The molecule has 0 aliphatic carbocycles. The normalized spacial score (nSPS) is 12.2. The Balaban J connectivity index is 2.23. The van der Waals surface area contributed by atoms with Gasteiger partial charge < -0.3 is 24.9 Å². The van der Waals surface area contributed by atoms with E-state index in [9.17, 15) is 4.79 Å². The number of furan rings is 1. The molecule has 1 aromatic heterocycles. The van der Waals surface area contributed by atoms with Crippen molar-refractivity contribution in [2.45, 2.75) is 33.2 Å². The molecule has 0 bridgehead atoms. The maximum atomic E-state index is 11.7. The molecule has 0 fully saturated rings. The molecule has 0 aromatic carbocycles. The van der Waals surface area contributed by atoms with Crippen LogP contribution in [-0.4, -0.2) is 37.5 Å². The Morgan fingerprint density at radius 3 is 2.80 bits per heavy atom. The lowest BCUT2D eigenvalue weighted by Crippen LogP contribution is -2.37. The lowest BCUT2D eigenvalue weighted by Gasteiger charge is -2.14. The number of hydrogen-bond acceptors (Lipinski definition) is 4. The van der Waals surface area contributed by atoms with Crippen LogP contribution in [0.1, 0.15) is 36.5 Å². The third-order valence-electron chi connectivity index (χ3n) is 2.88. The zero-order valence-corrected chi connectivity index (χ0v) is 12.4. The standard InChI is InChI=1S/C14H24N2O4/c1-10-9-13(12(3)20-10)11(2)16-14(18)15-5-4-7-19-8-6-17/h9,11,17H,4-8H2,1-3H3,(H2,15,16,18). The second-order valence-corrected chi connectivity index (χ2v) is 4.68. The van der Waals surface area contributed by atoms with Crippen LogP contribution in [0.15, 0.2) is 10.5 Å². The van der Waals surface area contributed by atoms with E-state index >= 15 is 0 Å². The van der Waals surface area contributed by atoms with Crippen molar-refractivity contribution in [1.82, 2.24) is 10.6 Å². The summed E-state index contributed by atoms with van der Waals surface area (Å²) in [6.45, 7) is 7.11. The first-order valence-corrected chi connectivity index (χ1v) is 6.84. The van der Waals surface area contributed by atoms with Crippen LogP contribution in [0.5, 0.6) is 0 Å². The minimum Gasteiger partial charge on any atom is -0.466 e. The van der Waals surface area contributed by atoms with Crippen molar-refractivity contribution in [3.05, 3.63) is 23.2 Å². The number of aryl methyl sites for hydroxylation is 2. The predicted octanol–water partition coefficient (Wildman–Crippen LogP) is 1.66. The Bertz CT molecular complexity index is 417. The molecule has 3 N–H and O–H groups in total. The van der Waals surface area contributed by atoms with E-state index < -0.39 is 0 Å². The van der Waals surface area contributed by atoms with Gasteiger partial charge >= 0.3 is 6.03 Å². The fraction of sp³-hybridized carbons (Fsp3) is 0.643. The van der Waals surface area contributed by atoms with Crippen LogP contribution < -0.4 is 10.6 Å². The van der Waals surface area contributed by atoms with Crippen LogP contribution in [0.3, 0.4) is 0 Å². The number of carbonyl (C=O) groups excluding carboxylic acids is 1. The number of aliphatic hydroxyl groups excluding tert-OH is 1. The Kier molecular flexibility index (Phi) is 7.11. The number of urea groups is 1. The first-order chi connectivity index (χ1) is 9.54. The van der Waals surface area contributed by atoms with Crippen LogP contribution in [0.4, 0.5) is 4.79 Å². The Hall–Kier alpha value is -1.53. The maximum Gasteiger partial charge on any atom is 0.315 e. The van der Waals surface area contributed by atoms with Crippen molar-refractivity contribution in [3.63, 3.8) is 0 Å². The summed E-state index contributed by atoms with van der Waals surface area (Å²) < 4.78 is 10.5. The molecular formula is C14H24N2O4. The average molecular weight is 284 g/mol. The average Bonchev–Trinajstić information content (AvgIpc) is 2.73. The smallest absolute Gasteiger partial charge is 0.315 e. The third kappa shape index (κ3) is 5.63. The summed E-state index contributed by atoms with van der Waals surface area (Å²) in [7, 11) is 0. The molecule has 0 aliphatic rings. The lowest BCUT2D eigenvalue weighted by atomic mass is 10.1. The van der Waals surface area contributed by atoms with Crippen LogP contribution >= 0.6 is 0 Å². The zero-order valence-electron chi connectivity index (χ0n) is 12.4. The van der Waals surface area contributed by atoms with Gasteiger partial charge in [0.2, 0.25) is 0 Å². The topological polar surface area (TPSA) is 83.7 Å². The van der Waals surface area contributed by atoms with Gasteiger partial charge in [0.15, 0.2) is 0 Å². The van der Waals surface area contributed by atoms with Crippen LogP contribution in [-0.2, 0) is 4.74 Å². The maximum absolute atomic E-state index is 11.7. The molecule has 0 radical (unpaired) electrons. The van der Waals surface area contributed by atoms with E-state index in [1.807, 2.05) is 26.8 Å². The van der Waals surface area contributed by atoms with Gasteiger partial charge in [-0.2, -0.15) is 0 Å². The number of ether oxygens (including phenoxy) is 1. The van der Waals surface area contributed by atoms with Gasteiger partial charge in [-0.25, -0.2) is 4.79 Å². The van der Waals surface area contributed by atoms with E-state index in [-0.39, 0.29) is 18.7 Å². The number of amides is 2. The summed E-state index contributed by atoms with van der Waals surface area (Å²) in [5, 5.41) is 14.2. The second-order valence-electron chi connectivity index (χ2n) is 4.68. The number of rotatable bonds is 8. The summed E-state index contributed by atoms with van der Waals surface area (Å²) in [4.78, 5) is 11.7. The summed E-state index contributed by atoms with van der Waals surface area (Å²) in [5.41, 5.74) is 0.990. The van der Waals surface area contributed by atoms with Gasteiger partial charge in [0, 0.05) is 18.7 Å². The highest BCUT2D eigenvalue weighted by Gasteiger charge is 2.14. The Morgan fingerprint density at radius 2 is 2.20 bits per heavy atom. The van der Waals surface area contributed by atoms with Crippen LogP contribution in [0, 0.1) is 13.8 Å². The molecule has 1 heterocycles. The summed E-state index contributed by atoms with van der Waals surface area (Å²) in [6.07, 6.45) is 0.714. The SMILES string of the molecule is Cc1cc(C(C)NC(=O)NCCCOCCO)c(C)o1. The van der Waals surface area contributed by atoms with E-state index in [0.717, 1.165) is 17.1 Å². The predicted molar refractivity (Wildman–Crippen MR) is 75.7 cm³/mol. The molecule has 20 heavy (non-hydrogen) atoms. The van der Waals surface area contributed by atoms with Gasteiger partial charge in [-0.15, -0.1) is 0 Å². The minimum atomic E-state index is -0.210. The Morgan fingerprint density at radius 1 is 1.45 bits per heavy atom. The van der Waals surface area contributed by atoms with Gasteiger partial charge in [-0.3, -0.25) is 0 Å². The minimum absolute atomic E-state index is 0.0227. The van der Waals surface area contributed by atoms with Crippen molar-refractivity contribution in [2.24, 2.45) is 0 Å². The van der Waals surface area contributed by atoms with E-state index in [4.69, 9.17) is 14.3 Å². The second kappa shape index (κ2) is 8.60. The monoisotopic (exact) mass is 284 g/mol. The van der Waals surface area contributed by atoms with Crippen molar-refractivity contribution < 1.29 is 19.1 Å². The first kappa shape index (κ1) is 16.5. The molecule has 6 heteroatoms. The van der Waals surface area contributed by atoms with E-state index in [1.165, 1.54) is 0 Å². The zero-order chi connectivity index (χ0) is 15.0. The van der Waals surface area contributed by atoms with Gasteiger partial charge in [-0.05, 0) is 33.3 Å². The fourth-order valence-electron chi connectivity index (χ4n) is 1.95. The van der Waals surface area contributed by atoms with Crippen molar-refractivity contribution in [2.75, 3.05) is 26.4 Å². The molecule has 0 saturated carbocycles. The molecule has 1 unspecified atom stereocenters. The summed E-state index contributed by atoms with van der Waals surface area (Å²) in [5.74, 6) is 1.67. The molecule has 0 aliphatic heterocycles. The van der Waals surface area contributed by atoms with Crippen LogP contribution in [0.2, 0.25) is 0 Å². The number of nitrogens with one attached hydrogen (secondary N) is 2. The molecular weight excluding hydrogens is 260 g/mol. The number of hydrogen-bond donors (Lipinski definition) is 3. The van der Waals surface area contributed by atoms with Gasteiger partial charge in [-0.1, -0.05) is 0 Å². The quantitative estimate of drug-likeness (QED) is 0.634. The van der Waals surface area contributed by atoms with Crippen molar-refractivity contribution in [1.29, 1.82) is 0 Å². The molecule has 1 atom stereocenters. The van der Waals surface area contributed by atoms with Crippen LogP contribution in [0.25, 0.3) is 0 Å². The highest BCUT2D eigenvalue weighted by molar-refractivity contribution is 5.74. The molecule has 114 valence electrons. The summed E-state index contributed by atoms with van der Waals surface area (Å²) in [6, 6.07) is 1.62. The molecule has 2 amide bonds. The molecule has 0 saturated heterocycles. The molecule has 1 rings (SSSR count). The van der Waals surface area contributed by atoms with E-state index in [2.05, 4.69) is 10.6 Å². The van der Waals surface area contributed by atoms with Gasteiger partial charge in [0.1, 0.15) is 11.5 Å². The highest BCUT2D eigenvalue weighted by atomic mass is 16.5. The van der Waals surface area contributed by atoms with Crippen molar-refractivity contribution in [3.8, 4) is 0 Å². The third-order valence-corrected chi connectivity index (χ3v) is 2.88. The highest BCUT2D eigenvalue weighted by Crippen LogP contribution is 2.20. The number of carbonyl (C=O) groups is 1. The Labute approximate surface area is 119 Å². The van der Waals surface area contributed by atoms with Crippen molar-refractivity contribution >= 4 is 6.03 Å². The lowest BCUT2D eigenvalue weighted by molar-refractivity contribution is 0.0909. The largest absolute Gasteiger partial charge is 0.466 e.